The molecule has 2 amide bonds. The number of aliphatic imine (C=N–C) groups is 1. The Kier molecular flexibility index (Phi) is 10.8. The van der Waals surface area contributed by atoms with Crippen LogP contribution >= 0.6 is 0 Å². The van der Waals surface area contributed by atoms with Crippen LogP contribution in [0.15, 0.2) is 34.4 Å². The topological polar surface area (TPSA) is 147 Å². The number of nitrogens with two attached hydrogens (primary N) is 1. The molecular formula is C32H47N5O5. The number of nitrogens with one attached hydrogen (secondary N) is 1. The van der Waals surface area contributed by atoms with Gasteiger partial charge in [0.2, 0.25) is 17.7 Å². The normalized spacial score (nSPS) is 27.6. The van der Waals surface area contributed by atoms with Crippen LogP contribution in [-0.2, 0) is 19.2 Å². The number of fused-ring (bicyclic) bond motifs is 4. The second-order valence-electron chi connectivity index (χ2n) is 12.9. The summed E-state index contributed by atoms with van der Waals surface area (Å²) in [5, 5.41) is 16.8. The van der Waals surface area contributed by atoms with Gasteiger partial charge in [0.1, 0.15) is 0 Å². The molecule has 2 aliphatic heterocycles. The Morgan fingerprint density at radius 2 is 1.57 bits per heavy atom. The zero-order valence-corrected chi connectivity index (χ0v) is 25.3. The molecule has 42 heavy (non-hydrogen) atoms. The van der Waals surface area contributed by atoms with Crippen molar-refractivity contribution in [3.8, 4) is 0 Å². The fraction of sp³-hybridized carbons (Fsp3) is 0.656. The molecule has 0 radical (unpaired) electrons. The van der Waals surface area contributed by atoms with Gasteiger partial charge in [0.15, 0.2) is 0 Å². The first-order valence-corrected chi connectivity index (χ1v) is 15.5. The lowest BCUT2D eigenvalue weighted by Crippen LogP contribution is -2.54. The van der Waals surface area contributed by atoms with E-state index < -0.39 is 23.2 Å². The molecular weight excluding hydrogens is 534 g/mol. The smallest absolute Gasteiger partial charge is 0.359 e. The highest BCUT2D eigenvalue weighted by Crippen LogP contribution is 2.39. The van der Waals surface area contributed by atoms with Crippen LogP contribution < -0.4 is 16.0 Å². The van der Waals surface area contributed by atoms with Crippen molar-refractivity contribution in [3.63, 3.8) is 0 Å². The van der Waals surface area contributed by atoms with Crippen LogP contribution in [0.25, 0.3) is 0 Å². The number of carbonyl (C=O) groups excluding carboxylic acids is 2. The van der Waals surface area contributed by atoms with Gasteiger partial charge in [-0.3, -0.25) is 9.59 Å². The molecule has 0 aromatic heterocycles. The number of anilines is 1. The van der Waals surface area contributed by atoms with Gasteiger partial charge in [0, 0.05) is 18.1 Å². The number of primary amides is 1. The Morgan fingerprint density at radius 3 is 2.10 bits per heavy atom. The van der Waals surface area contributed by atoms with Gasteiger partial charge >= 0.3 is 5.97 Å². The highest BCUT2D eigenvalue weighted by molar-refractivity contribution is 6.65. The summed E-state index contributed by atoms with van der Waals surface area (Å²) in [5.41, 5.74) is 4.40. The first kappa shape index (κ1) is 31.7. The maximum atomic E-state index is 12.2. The molecule has 2 heterocycles. The Bertz CT molecular complexity index is 1150. The Morgan fingerprint density at radius 1 is 1.00 bits per heavy atom. The molecule has 2 aliphatic carbocycles. The molecule has 10 heteroatoms. The predicted molar refractivity (Wildman–Crippen MR) is 164 cm³/mol. The lowest BCUT2D eigenvalue weighted by molar-refractivity contribution is -0.140. The van der Waals surface area contributed by atoms with Crippen molar-refractivity contribution in [2.45, 2.75) is 122 Å². The van der Waals surface area contributed by atoms with Gasteiger partial charge in [0.25, 0.3) is 5.91 Å². The third kappa shape index (κ3) is 8.18. The van der Waals surface area contributed by atoms with Crippen LogP contribution in [0.1, 0.15) is 97.8 Å². The van der Waals surface area contributed by atoms with Gasteiger partial charge in [-0.05, 0) is 76.8 Å². The number of piperidine rings is 2. The van der Waals surface area contributed by atoms with Crippen LogP contribution in [0.5, 0.6) is 0 Å². The maximum absolute atomic E-state index is 12.2. The van der Waals surface area contributed by atoms with Crippen LogP contribution in [0.2, 0.25) is 0 Å². The molecule has 1 aromatic carbocycles. The van der Waals surface area contributed by atoms with E-state index in [4.69, 9.17) is 10.6 Å². The molecule has 5 rings (SSSR count). The number of rotatable bonds is 9. The summed E-state index contributed by atoms with van der Waals surface area (Å²) in [6, 6.07) is 7.89. The van der Waals surface area contributed by atoms with E-state index in [0.29, 0.717) is 23.5 Å². The standard InChI is InChI=1S/C23H31N5O5.C9H16/c1-14(20(21(30)31)27-33-23(2,3)22(24)32)25-18-9-4-5-10-19(18)28(13-29)17-11-15-7-6-8-16(12-17)26-15;1-3-8-5-2-6-9(4-1)7-8/h4-5,9-10,13,15-17,26H,6-8,11-12H2,1-3H3,(H2,24,32)(H,30,31);8-9H,1-7H2/b25-14?,27-20-;. The number of nitrogens with zero attached hydrogens (tertiary/aromatic N) is 3. The van der Waals surface area contributed by atoms with E-state index in [0.717, 1.165) is 43.9 Å². The molecule has 4 aliphatic rings. The summed E-state index contributed by atoms with van der Waals surface area (Å²) in [7, 11) is 0. The molecule has 0 spiro atoms. The molecule has 1 aromatic rings. The first-order chi connectivity index (χ1) is 20.1. The van der Waals surface area contributed by atoms with Crippen LogP contribution in [-0.4, -0.2) is 58.5 Å². The highest BCUT2D eigenvalue weighted by Gasteiger charge is 2.35. The first-order valence-electron chi connectivity index (χ1n) is 15.5. The van der Waals surface area contributed by atoms with Crippen molar-refractivity contribution in [3.05, 3.63) is 24.3 Å². The van der Waals surface area contributed by atoms with E-state index in [-0.39, 0.29) is 11.8 Å². The molecule has 4 bridgehead atoms. The maximum Gasteiger partial charge on any atom is 0.359 e. The fourth-order valence-electron chi connectivity index (χ4n) is 6.90. The summed E-state index contributed by atoms with van der Waals surface area (Å²) in [4.78, 5) is 46.6. The van der Waals surface area contributed by atoms with E-state index in [1.807, 2.05) is 6.07 Å². The number of amides is 2. The average molecular weight is 582 g/mol. The molecule has 230 valence electrons. The van der Waals surface area contributed by atoms with E-state index in [2.05, 4.69) is 15.5 Å². The van der Waals surface area contributed by atoms with Crippen molar-refractivity contribution in [1.29, 1.82) is 0 Å². The second-order valence-corrected chi connectivity index (χ2v) is 12.9. The zero-order chi connectivity index (χ0) is 30.3. The molecule has 2 saturated heterocycles. The van der Waals surface area contributed by atoms with Gasteiger partial charge in [-0.2, -0.15) is 0 Å². The quantitative estimate of drug-likeness (QED) is 0.210. The van der Waals surface area contributed by atoms with Gasteiger partial charge in [-0.1, -0.05) is 62.2 Å². The minimum absolute atomic E-state index is 0.0306. The summed E-state index contributed by atoms with van der Waals surface area (Å²) >= 11 is 0. The Balaban J connectivity index is 0.000000377. The molecule has 4 N–H and O–H groups in total. The van der Waals surface area contributed by atoms with Crippen LogP contribution in [0.3, 0.4) is 0 Å². The summed E-state index contributed by atoms with van der Waals surface area (Å²) in [5.74, 6) is 0.145. The van der Waals surface area contributed by atoms with Gasteiger partial charge in [-0.25, -0.2) is 9.79 Å². The third-order valence-corrected chi connectivity index (χ3v) is 9.26. The number of carboxylic acid groups (broad SMARTS) is 1. The molecule has 4 fully saturated rings. The number of oxime groups is 1. The van der Waals surface area contributed by atoms with Crippen molar-refractivity contribution >= 4 is 41.1 Å². The van der Waals surface area contributed by atoms with E-state index in [9.17, 15) is 19.5 Å². The summed E-state index contributed by atoms with van der Waals surface area (Å²) in [6.45, 7) is 4.25. The second kappa shape index (κ2) is 14.3. The van der Waals surface area contributed by atoms with Crippen molar-refractivity contribution in [1.82, 2.24) is 5.32 Å². The van der Waals surface area contributed by atoms with E-state index >= 15 is 0 Å². The fourth-order valence-corrected chi connectivity index (χ4v) is 6.90. The van der Waals surface area contributed by atoms with Gasteiger partial charge in [-0.15, -0.1) is 0 Å². The third-order valence-electron chi connectivity index (χ3n) is 9.26. The number of benzene rings is 1. The van der Waals surface area contributed by atoms with Gasteiger partial charge < -0.3 is 25.9 Å². The summed E-state index contributed by atoms with van der Waals surface area (Å²) < 4.78 is 0. The predicted octanol–water partition coefficient (Wildman–Crippen LogP) is 5.11. The lowest BCUT2D eigenvalue weighted by atomic mass is 9.72. The highest BCUT2D eigenvalue weighted by atomic mass is 16.7. The molecule has 2 saturated carbocycles. The average Bonchev–Trinajstić information content (AvgIpc) is 2.94. The van der Waals surface area contributed by atoms with Crippen molar-refractivity contribution < 1.29 is 24.3 Å². The SMILES string of the molecule is C1CC2CCCC(C1)C2.CC(=Nc1ccccc1N(C=O)C1CC2CCCC(C1)N2)/C(=N/OC(C)(C)C(N)=O)C(=O)O. The van der Waals surface area contributed by atoms with Crippen LogP contribution in [0, 0.1) is 11.8 Å². The Labute approximate surface area is 249 Å². The summed E-state index contributed by atoms with van der Waals surface area (Å²) in [6.07, 6.45) is 16.8. The van der Waals surface area contributed by atoms with Crippen molar-refractivity contribution in [2.75, 3.05) is 4.90 Å². The monoisotopic (exact) mass is 581 g/mol. The number of hydrogen-bond acceptors (Lipinski definition) is 7. The number of hydrogen-bond donors (Lipinski definition) is 3. The number of carboxylic acids is 1. The minimum Gasteiger partial charge on any atom is -0.476 e. The molecule has 10 nitrogen and oxygen atoms in total. The number of aliphatic carboxylic acids is 1. The number of carbonyl (C=O) groups is 3. The number of para-hydroxylation sites is 2. The largest absolute Gasteiger partial charge is 0.476 e. The zero-order valence-electron chi connectivity index (χ0n) is 25.3. The van der Waals surface area contributed by atoms with E-state index in [1.165, 1.54) is 40.0 Å². The van der Waals surface area contributed by atoms with Gasteiger partial charge in [0.05, 0.1) is 17.1 Å². The molecule has 2 atom stereocenters. The van der Waals surface area contributed by atoms with Crippen molar-refractivity contribution in [2.24, 2.45) is 27.7 Å². The molecule has 2 unspecified atom stereocenters. The van der Waals surface area contributed by atoms with Crippen LogP contribution in [0.4, 0.5) is 11.4 Å². The Hall–Kier alpha value is -3.27. The van der Waals surface area contributed by atoms with E-state index in [1.54, 1.807) is 55.2 Å². The lowest BCUT2D eigenvalue weighted by Gasteiger charge is -2.43. The minimum atomic E-state index is -1.49.